The maximum Gasteiger partial charge on any atom is 0.228 e. The fourth-order valence-electron chi connectivity index (χ4n) is 1.37. The molecule has 1 aromatic carbocycles. The zero-order chi connectivity index (χ0) is 12.3. The SMILES string of the molecule is COCCC(=O)Nc1nc2ccc(N)cc2s1. The summed E-state index contributed by atoms with van der Waals surface area (Å²) in [6.07, 6.45) is 0.328. The Morgan fingerprint density at radius 2 is 2.41 bits per heavy atom. The topological polar surface area (TPSA) is 77.2 Å². The number of methoxy groups -OCH3 is 1. The Kier molecular flexibility index (Phi) is 3.55. The normalized spacial score (nSPS) is 10.6. The number of hydrogen-bond donors (Lipinski definition) is 2. The number of rotatable bonds is 4. The summed E-state index contributed by atoms with van der Waals surface area (Å²) in [5, 5.41) is 3.32. The van der Waals surface area contributed by atoms with Gasteiger partial charge in [-0.1, -0.05) is 11.3 Å². The Balaban J connectivity index is 2.11. The van der Waals surface area contributed by atoms with E-state index in [1.54, 1.807) is 13.2 Å². The zero-order valence-corrected chi connectivity index (χ0v) is 10.2. The van der Waals surface area contributed by atoms with Crippen LogP contribution >= 0.6 is 11.3 Å². The van der Waals surface area contributed by atoms with Gasteiger partial charge in [-0.15, -0.1) is 0 Å². The smallest absolute Gasteiger partial charge is 0.228 e. The predicted molar refractivity (Wildman–Crippen MR) is 69.2 cm³/mol. The van der Waals surface area contributed by atoms with E-state index in [0.29, 0.717) is 23.8 Å². The van der Waals surface area contributed by atoms with Gasteiger partial charge in [0.15, 0.2) is 5.13 Å². The molecule has 1 aromatic heterocycles. The minimum absolute atomic E-state index is 0.0983. The number of carbonyl (C=O) groups is 1. The lowest BCUT2D eigenvalue weighted by molar-refractivity contribution is -0.117. The molecule has 2 aromatic rings. The molecule has 2 rings (SSSR count). The molecule has 0 saturated heterocycles. The number of benzene rings is 1. The fraction of sp³-hybridized carbons (Fsp3) is 0.273. The minimum atomic E-state index is -0.0983. The molecule has 0 atom stereocenters. The molecule has 6 heteroatoms. The number of aromatic nitrogens is 1. The maximum atomic E-state index is 11.5. The van der Waals surface area contributed by atoms with Crippen LogP contribution in [0.2, 0.25) is 0 Å². The lowest BCUT2D eigenvalue weighted by atomic mass is 10.3. The van der Waals surface area contributed by atoms with E-state index in [4.69, 9.17) is 10.5 Å². The van der Waals surface area contributed by atoms with Gasteiger partial charge >= 0.3 is 0 Å². The zero-order valence-electron chi connectivity index (χ0n) is 9.40. The van der Waals surface area contributed by atoms with Crippen LogP contribution in [0.15, 0.2) is 18.2 Å². The first-order chi connectivity index (χ1) is 8.19. The lowest BCUT2D eigenvalue weighted by Gasteiger charge is -1.99. The highest BCUT2D eigenvalue weighted by Gasteiger charge is 2.07. The standard InChI is InChI=1S/C11H13N3O2S/c1-16-5-4-10(15)14-11-13-8-3-2-7(12)6-9(8)17-11/h2-3,6H,4-5,12H2,1H3,(H,13,14,15). The van der Waals surface area contributed by atoms with Crippen molar-refractivity contribution >= 4 is 38.3 Å². The van der Waals surface area contributed by atoms with Gasteiger partial charge in [-0.05, 0) is 18.2 Å². The molecule has 0 spiro atoms. The van der Waals surface area contributed by atoms with Crippen LogP contribution in [0.5, 0.6) is 0 Å². The molecule has 0 unspecified atom stereocenters. The third kappa shape index (κ3) is 2.92. The van der Waals surface area contributed by atoms with Crippen molar-refractivity contribution in [1.29, 1.82) is 0 Å². The number of nitrogens with zero attached hydrogens (tertiary/aromatic N) is 1. The van der Waals surface area contributed by atoms with Crippen LogP contribution in [0, 0.1) is 0 Å². The van der Waals surface area contributed by atoms with Crippen molar-refractivity contribution < 1.29 is 9.53 Å². The molecule has 0 aliphatic heterocycles. The lowest BCUT2D eigenvalue weighted by Crippen LogP contribution is -2.13. The van der Waals surface area contributed by atoms with Gasteiger partial charge in [-0.25, -0.2) is 4.98 Å². The van der Waals surface area contributed by atoms with Gasteiger partial charge in [-0.3, -0.25) is 4.79 Å². The second-order valence-electron chi connectivity index (χ2n) is 3.54. The monoisotopic (exact) mass is 251 g/mol. The maximum absolute atomic E-state index is 11.5. The third-order valence-electron chi connectivity index (χ3n) is 2.19. The van der Waals surface area contributed by atoms with Crippen molar-refractivity contribution in [2.45, 2.75) is 6.42 Å². The van der Waals surface area contributed by atoms with Gasteiger partial charge in [0, 0.05) is 12.8 Å². The molecule has 1 heterocycles. The van der Waals surface area contributed by atoms with Crippen LogP contribution in [-0.2, 0) is 9.53 Å². The first-order valence-electron chi connectivity index (χ1n) is 5.14. The van der Waals surface area contributed by atoms with E-state index in [1.165, 1.54) is 11.3 Å². The van der Waals surface area contributed by atoms with Gasteiger partial charge in [0.25, 0.3) is 0 Å². The highest BCUT2D eigenvalue weighted by Crippen LogP contribution is 2.27. The molecule has 0 fully saturated rings. The van der Waals surface area contributed by atoms with E-state index in [0.717, 1.165) is 10.2 Å². The first kappa shape index (κ1) is 11.8. The summed E-state index contributed by atoms with van der Waals surface area (Å²) in [6, 6.07) is 5.47. The molecule has 0 bridgehead atoms. The van der Waals surface area contributed by atoms with E-state index in [2.05, 4.69) is 10.3 Å². The van der Waals surface area contributed by atoms with Crippen molar-refractivity contribution in [3.05, 3.63) is 18.2 Å². The highest BCUT2D eigenvalue weighted by molar-refractivity contribution is 7.22. The molecule has 3 N–H and O–H groups in total. The van der Waals surface area contributed by atoms with Gasteiger partial charge in [0.1, 0.15) is 0 Å². The average molecular weight is 251 g/mol. The molecule has 0 aliphatic rings. The molecule has 0 aliphatic carbocycles. The number of nitrogens with two attached hydrogens (primary N) is 1. The average Bonchev–Trinajstić information content (AvgIpc) is 2.67. The number of hydrogen-bond acceptors (Lipinski definition) is 5. The summed E-state index contributed by atoms with van der Waals surface area (Å²) in [6.45, 7) is 0.406. The fourth-order valence-corrected chi connectivity index (χ4v) is 2.30. The number of fused-ring (bicyclic) bond motifs is 1. The number of thiazole rings is 1. The number of carbonyl (C=O) groups excluding carboxylic acids is 1. The van der Waals surface area contributed by atoms with E-state index in [-0.39, 0.29) is 5.91 Å². The van der Waals surface area contributed by atoms with Gasteiger partial charge in [-0.2, -0.15) is 0 Å². The summed E-state index contributed by atoms with van der Waals surface area (Å²) >= 11 is 1.41. The highest BCUT2D eigenvalue weighted by atomic mass is 32.1. The molecule has 1 amide bonds. The van der Waals surface area contributed by atoms with Crippen LogP contribution in [0.25, 0.3) is 10.2 Å². The van der Waals surface area contributed by atoms with E-state index in [1.807, 2.05) is 12.1 Å². The Bertz CT molecular complexity index is 538. The summed E-state index contributed by atoms with van der Waals surface area (Å²) < 4.78 is 5.80. The Labute approximate surface area is 103 Å². The van der Waals surface area contributed by atoms with Gasteiger partial charge < -0.3 is 15.8 Å². The summed E-state index contributed by atoms with van der Waals surface area (Å²) in [4.78, 5) is 15.8. The second kappa shape index (κ2) is 5.11. The largest absolute Gasteiger partial charge is 0.399 e. The predicted octanol–water partition coefficient (Wildman–Crippen LogP) is 1.85. The Morgan fingerprint density at radius 1 is 1.59 bits per heavy atom. The van der Waals surface area contributed by atoms with E-state index >= 15 is 0 Å². The van der Waals surface area contributed by atoms with E-state index in [9.17, 15) is 4.79 Å². The third-order valence-corrected chi connectivity index (χ3v) is 3.13. The molecule has 17 heavy (non-hydrogen) atoms. The molecular weight excluding hydrogens is 238 g/mol. The molecule has 5 nitrogen and oxygen atoms in total. The Morgan fingerprint density at radius 3 is 3.18 bits per heavy atom. The number of nitrogen functional groups attached to an aromatic ring is 1. The van der Waals surface area contributed by atoms with Crippen LogP contribution in [0.1, 0.15) is 6.42 Å². The molecule has 0 saturated carbocycles. The number of amides is 1. The van der Waals surface area contributed by atoms with Crippen LogP contribution in [0.4, 0.5) is 10.8 Å². The molecule has 0 radical (unpaired) electrons. The Hall–Kier alpha value is -1.66. The summed E-state index contributed by atoms with van der Waals surface area (Å²) in [5.74, 6) is -0.0983. The molecular formula is C11H13N3O2S. The first-order valence-corrected chi connectivity index (χ1v) is 5.95. The van der Waals surface area contributed by atoms with Crippen LogP contribution in [-0.4, -0.2) is 24.6 Å². The van der Waals surface area contributed by atoms with Crippen molar-refractivity contribution in [3.63, 3.8) is 0 Å². The van der Waals surface area contributed by atoms with Crippen LogP contribution in [0.3, 0.4) is 0 Å². The number of ether oxygens (including phenoxy) is 1. The van der Waals surface area contributed by atoms with Crippen molar-refractivity contribution in [2.75, 3.05) is 24.8 Å². The summed E-state index contributed by atoms with van der Waals surface area (Å²) in [7, 11) is 1.56. The van der Waals surface area contributed by atoms with Gasteiger partial charge in [0.2, 0.25) is 5.91 Å². The van der Waals surface area contributed by atoms with Crippen molar-refractivity contribution in [1.82, 2.24) is 4.98 Å². The van der Waals surface area contributed by atoms with Crippen LogP contribution < -0.4 is 11.1 Å². The minimum Gasteiger partial charge on any atom is -0.399 e. The second-order valence-corrected chi connectivity index (χ2v) is 4.57. The molecule has 90 valence electrons. The van der Waals surface area contributed by atoms with Gasteiger partial charge in [0.05, 0.1) is 23.2 Å². The quantitative estimate of drug-likeness (QED) is 0.813. The number of anilines is 2. The van der Waals surface area contributed by atoms with Crippen molar-refractivity contribution in [2.24, 2.45) is 0 Å². The van der Waals surface area contributed by atoms with E-state index < -0.39 is 0 Å². The number of nitrogens with one attached hydrogen (secondary N) is 1. The van der Waals surface area contributed by atoms with Crippen molar-refractivity contribution in [3.8, 4) is 0 Å². The summed E-state index contributed by atoms with van der Waals surface area (Å²) in [5.41, 5.74) is 7.21.